The summed E-state index contributed by atoms with van der Waals surface area (Å²) < 4.78 is 25.7. The molecule has 2 N–H and O–H groups in total. The third-order valence-electron chi connectivity index (χ3n) is 1.76. The Bertz CT molecular complexity index is 301. The van der Waals surface area contributed by atoms with Gasteiger partial charge < -0.3 is 10.5 Å². The van der Waals surface area contributed by atoms with E-state index in [4.69, 9.17) is 10.5 Å². The van der Waals surface area contributed by atoms with E-state index >= 15 is 0 Å². The number of carbonyl (C=O) groups excluding carboxylic acids is 1. The highest BCUT2D eigenvalue weighted by Gasteiger charge is 2.12. The van der Waals surface area contributed by atoms with Crippen molar-refractivity contribution in [1.82, 2.24) is 0 Å². The summed E-state index contributed by atoms with van der Waals surface area (Å²) in [5.74, 6) is -0.537. The summed E-state index contributed by atoms with van der Waals surface area (Å²) in [4.78, 5) is 11.1. The van der Waals surface area contributed by atoms with E-state index in [1.54, 1.807) is 6.92 Å². The zero-order valence-electron chi connectivity index (χ0n) is 8.93. The van der Waals surface area contributed by atoms with E-state index in [0.29, 0.717) is 12.0 Å². The smallest absolute Gasteiger partial charge is 0.326 e. The van der Waals surface area contributed by atoms with Crippen LogP contribution >= 0.6 is 7.68 Å². The van der Waals surface area contributed by atoms with Crippen LogP contribution in [0.5, 0.6) is 0 Å². The molecule has 5 nitrogen and oxygen atoms in total. The van der Waals surface area contributed by atoms with Crippen LogP contribution in [0.15, 0.2) is 11.6 Å². The molecule has 0 heterocycles. The van der Waals surface area contributed by atoms with Crippen LogP contribution in [0.3, 0.4) is 0 Å². The standard InChI is InChI=1S/C9H16NO4P/c1-3-7(6-15(12)13)5-8(10)9(11)14-4-2/h5,8H,3-4,6,10H2,1-2H3. The minimum Gasteiger partial charge on any atom is -0.465 e. The van der Waals surface area contributed by atoms with Crippen molar-refractivity contribution in [3.8, 4) is 0 Å². The number of ether oxygens (including phenoxy) is 1. The Morgan fingerprint density at radius 1 is 1.47 bits per heavy atom. The molecular weight excluding hydrogens is 217 g/mol. The fourth-order valence-corrected chi connectivity index (χ4v) is 1.67. The minimum absolute atomic E-state index is 0.0566. The lowest BCUT2D eigenvalue weighted by molar-refractivity contribution is -0.143. The summed E-state index contributed by atoms with van der Waals surface area (Å²) in [7, 11) is -2.48. The average Bonchev–Trinajstić information content (AvgIpc) is 2.16. The van der Waals surface area contributed by atoms with Gasteiger partial charge in [0.05, 0.1) is 12.8 Å². The summed E-state index contributed by atoms with van der Waals surface area (Å²) in [5, 5.41) is 0. The molecule has 0 amide bonds. The zero-order valence-corrected chi connectivity index (χ0v) is 9.83. The second kappa shape index (κ2) is 7.37. The maximum absolute atomic E-state index is 11.1. The predicted molar refractivity (Wildman–Crippen MR) is 56.1 cm³/mol. The van der Waals surface area contributed by atoms with E-state index in [1.165, 1.54) is 6.08 Å². The van der Waals surface area contributed by atoms with Gasteiger partial charge >= 0.3 is 13.6 Å². The molecule has 0 aliphatic carbocycles. The number of hydrogen-bond acceptors (Lipinski definition) is 5. The summed E-state index contributed by atoms with van der Waals surface area (Å²) in [6, 6.07) is -0.880. The van der Waals surface area contributed by atoms with Crippen molar-refractivity contribution >= 4 is 13.6 Å². The molecule has 0 saturated heterocycles. The monoisotopic (exact) mass is 233 g/mol. The van der Waals surface area contributed by atoms with Crippen molar-refractivity contribution in [2.45, 2.75) is 26.3 Å². The molecule has 1 atom stereocenters. The van der Waals surface area contributed by atoms with Gasteiger partial charge in [0, 0.05) is 0 Å². The molecule has 0 aliphatic heterocycles. The highest BCUT2D eigenvalue weighted by Crippen LogP contribution is 2.13. The van der Waals surface area contributed by atoms with Crippen molar-refractivity contribution < 1.29 is 18.7 Å². The fourth-order valence-electron chi connectivity index (χ4n) is 1.01. The van der Waals surface area contributed by atoms with Crippen LogP contribution in [0.2, 0.25) is 0 Å². The lowest BCUT2D eigenvalue weighted by atomic mass is 10.1. The molecule has 0 saturated carbocycles. The van der Waals surface area contributed by atoms with E-state index in [1.807, 2.05) is 6.92 Å². The van der Waals surface area contributed by atoms with Crippen molar-refractivity contribution in [3.05, 3.63) is 11.6 Å². The van der Waals surface area contributed by atoms with Crippen molar-refractivity contribution in [1.29, 1.82) is 0 Å². The second-order valence-electron chi connectivity index (χ2n) is 2.95. The molecule has 0 radical (unpaired) electrons. The first kappa shape index (κ1) is 14.1. The Hall–Kier alpha value is -0.930. The maximum Gasteiger partial charge on any atom is 0.326 e. The molecule has 0 aromatic heterocycles. The molecule has 0 aromatic rings. The third-order valence-corrected chi connectivity index (χ3v) is 2.42. The molecule has 1 unspecified atom stereocenters. The van der Waals surface area contributed by atoms with Crippen LogP contribution in [0.1, 0.15) is 20.3 Å². The molecule has 0 rings (SSSR count). The van der Waals surface area contributed by atoms with Crippen LogP contribution in [-0.4, -0.2) is 24.8 Å². The first-order valence-corrected chi connectivity index (χ1v) is 6.11. The maximum atomic E-state index is 11.1. The van der Waals surface area contributed by atoms with Gasteiger partial charge in [-0.15, -0.1) is 0 Å². The summed E-state index contributed by atoms with van der Waals surface area (Å²) >= 11 is 0. The third kappa shape index (κ3) is 6.20. The molecule has 15 heavy (non-hydrogen) atoms. The van der Waals surface area contributed by atoms with E-state index < -0.39 is 19.7 Å². The lowest BCUT2D eigenvalue weighted by Gasteiger charge is -2.07. The fraction of sp³-hybridized carbons (Fsp3) is 0.667. The van der Waals surface area contributed by atoms with Crippen molar-refractivity contribution in [2.75, 3.05) is 12.8 Å². The van der Waals surface area contributed by atoms with E-state index in [-0.39, 0.29) is 12.8 Å². The van der Waals surface area contributed by atoms with Crippen LogP contribution in [-0.2, 0) is 18.7 Å². The van der Waals surface area contributed by atoms with Crippen LogP contribution in [0.4, 0.5) is 0 Å². The largest absolute Gasteiger partial charge is 0.465 e. The van der Waals surface area contributed by atoms with Crippen molar-refractivity contribution in [3.63, 3.8) is 0 Å². The lowest BCUT2D eigenvalue weighted by Crippen LogP contribution is -2.30. The summed E-state index contributed by atoms with van der Waals surface area (Å²) in [5.41, 5.74) is 6.14. The number of esters is 1. The number of hydrogen-bond donors (Lipinski definition) is 1. The van der Waals surface area contributed by atoms with Crippen LogP contribution < -0.4 is 5.73 Å². The van der Waals surface area contributed by atoms with Gasteiger partial charge in [-0.3, -0.25) is 4.79 Å². The predicted octanol–water partition coefficient (Wildman–Crippen LogP) is 1.39. The van der Waals surface area contributed by atoms with Gasteiger partial charge in [-0.2, -0.15) is 0 Å². The topological polar surface area (TPSA) is 86.5 Å². The molecule has 0 aliphatic rings. The molecule has 86 valence electrons. The molecule has 0 spiro atoms. The zero-order chi connectivity index (χ0) is 11.8. The van der Waals surface area contributed by atoms with Crippen LogP contribution in [0, 0.1) is 0 Å². The second-order valence-corrected chi connectivity index (χ2v) is 3.93. The van der Waals surface area contributed by atoms with Gasteiger partial charge in [0.15, 0.2) is 0 Å². The Morgan fingerprint density at radius 2 is 2.07 bits per heavy atom. The normalized spacial score (nSPS) is 13.4. The molecule has 6 heteroatoms. The quantitative estimate of drug-likeness (QED) is 0.425. The summed E-state index contributed by atoms with van der Waals surface area (Å²) in [6.45, 7) is 3.75. The van der Waals surface area contributed by atoms with E-state index in [9.17, 15) is 13.9 Å². The molecular formula is C9H16NO4P. The van der Waals surface area contributed by atoms with Gasteiger partial charge in [0.25, 0.3) is 0 Å². The highest BCUT2D eigenvalue weighted by atomic mass is 31.1. The molecule has 0 fully saturated rings. The van der Waals surface area contributed by atoms with Gasteiger partial charge in [-0.05, 0) is 13.3 Å². The molecule has 0 aromatic carbocycles. The number of carbonyl (C=O) groups is 1. The Kier molecular flexibility index (Phi) is 6.92. The highest BCUT2D eigenvalue weighted by molar-refractivity contribution is 7.31. The number of rotatable bonds is 6. The number of allylic oxidation sites excluding steroid dienone is 1. The number of nitrogens with two attached hydrogens (primary N) is 1. The molecule has 0 bridgehead atoms. The van der Waals surface area contributed by atoms with Crippen molar-refractivity contribution in [2.24, 2.45) is 5.73 Å². The Morgan fingerprint density at radius 3 is 2.47 bits per heavy atom. The minimum atomic E-state index is -2.48. The van der Waals surface area contributed by atoms with E-state index in [0.717, 1.165) is 0 Å². The summed E-state index contributed by atoms with van der Waals surface area (Å²) in [6.07, 6.45) is 1.94. The SMILES string of the molecule is CCOC(=O)C(N)C=C(CC)CP(=O)=O. The van der Waals surface area contributed by atoms with Gasteiger partial charge in [0.1, 0.15) is 6.04 Å². The van der Waals surface area contributed by atoms with E-state index in [2.05, 4.69) is 0 Å². The van der Waals surface area contributed by atoms with Gasteiger partial charge in [0.2, 0.25) is 0 Å². The Balaban J connectivity index is 4.46. The first-order valence-electron chi connectivity index (χ1n) is 4.74. The van der Waals surface area contributed by atoms with Crippen LogP contribution in [0.25, 0.3) is 0 Å². The Labute approximate surface area is 89.5 Å². The van der Waals surface area contributed by atoms with Gasteiger partial charge in [-0.25, -0.2) is 9.13 Å². The average molecular weight is 233 g/mol. The van der Waals surface area contributed by atoms with Gasteiger partial charge in [-0.1, -0.05) is 18.6 Å². The first-order chi connectivity index (χ1) is 7.01.